The van der Waals surface area contributed by atoms with E-state index in [1.54, 1.807) is 0 Å². The standard InChI is InChI=1S/C6H8F3N3OS/c1-11-4(10-12(2)5(11)13)14-3-6(7,8)9/h3H2,1-2H3. The Balaban J connectivity index is 2.79. The minimum absolute atomic E-state index is 0.0647. The Hall–Kier alpha value is -0.920. The first-order valence-corrected chi connectivity index (χ1v) is 4.59. The number of aromatic nitrogens is 3. The third kappa shape index (κ3) is 2.53. The predicted molar refractivity (Wildman–Crippen MR) is 45.2 cm³/mol. The summed E-state index contributed by atoms with van der Waals surface area (Å²) in [5.74, 6) is -1.04. The van der Waals surface area contributed by atoms with E-state index < -0.39 is 17.6 Å². The first kappa shape index (κ1) is 11.2. The van der Waals surface area contributed by atoms with Crippen molar-refractivity contribution in [3.8, 4) is 0 Å². The Morgan fingerprint density at radius 2 is 2.00 bits per heavy atom. The van der Waals surface area contributed by atoms with E-state index in [4.69, 9.17) is 0 Å². The first-order chi connectivity index (χ1) is 6.31. The normalized spacial score (nSPS) is 12.1. The molecule has 0 N–H and O–H groups in total. The van der Waals surface area contributed by atoms with Gasteiger partial charge in [0, 0.05) is 14.1 Å². The van der Waals surface area contributed by atoms with E-state index in [0.717, 1.165) is 9.25 Å². The van der Waals surface area contributed by atoms with E-state index in [9.17, 15) is 18.0 Å². The number of halogens is 3. The second kappa shape index (κ2) is 3.68. The van der Waals surface area contributed by atoms with E-state index in [-0.39, 0.29) is 5.16 Å². The monoisotopic (exact) mass is 227 g/mol. The number of thioether (sulfide) groups is 1. The van der Waals surface area contributed by atoms with Crippen LogP contribution in [0, 0.1) is 0 Å². The Morgan fingerprint density at radius 1 is 1.43 bits per heavy atom. The highest BCUT2D eigenvalue weighted by Crippen LogP contribution is 2.24. The summed E-state index contributed by atoms with van der Waals surface area (Å²) in [5, 5.41) is 3.71. The molecule has 14 heavy (non-hydrogen) atoms. The van der Waals surface area contributed by atoms with Crippen LogP contribution in [0.1, 0.15) is 0 Å². The average Bonchev–Trinajstić information content (AvgIpc) is 2.28. The molecule has 0 aromatic carbocycles. The van der Waals surface area contributed by atoms with E-state index in [1.807, 2.05) is 0 Å². The van der Waals surface area contributed by atoms with Crippen LogP contribution in [0.2, 0.25) is 0 Å². The maximum atomic E-state index is 11.8. The van der Waals surface area contributed by atoms with Crippen molar-refractivity contribution in [1.29, 1.82) is 0 Å². The minimum Gasteiger partial charge on any atom is -0.273 e. The number of rotatable bonds is 2. The van der Waals surface area contributed by atoms with E-state index in [1.165, 1.54) is 14.1 Å². The molecule has 1 rings (SSSR count). The van der Waals surface area contributed by atoms with E-state index in [0.29, 0.717) is 11.8 Å². The SMILES string of the molecule is Cn1nc(SCC(F)(F)F)n(C)c1=O. The third-order valence-corrected chi connectivity index (χ3v) is 2.54. The summed E-state index contributed by atoms with van der Waals surface area (Å²) in [7, 11) is 2.77. The molecule has 0 saturated carbocycles. The van der Waals surface area contributed by atoms with Crippen LogP contribution in [0.25, 0.3) is 0 Å². The van der Waals surface area contributed by atoms with Crippen molar-refractivity contribution in [2.45, 2.75) is 11.3 Å². The van der Waals surface area contributed by atoms with Crippen LogP contribution in [0.15, 0.2) is 9.95 Å². The highest BCUT2D eigenvalue weighted by Gasteiger charge is 2.28. The molecule has 1 aromatic heterocycles. The Morgan fingerprint density at radius 3 is 2.36 bits per heavy atom. The molecule has 0 bridgehead atoms. The first-order valence-electron chi connectivity index (χ1n) is 3.61. The lowest BCUT2D eigenvalue weighted by atomic mass is 10.8. The topological polar surface area (TPSA) is 39.8 Å². The quantitative estimate of drug-likeness (QED) is 0.701. The molecule has 80 valence electrons. The summed E-state index contributed by atoms with van der Waals surface area (Å²) in [4.78, 5) is 11.1. The van der Waals surface area contributed by atoms with Gasteiger partial charge in [-0.15, -0.1) is 5.10 Å². The van der Waals surface area contributed by atoms with Gasteiger partial charge in [0.1, 0.15) is 0 Å². The molecule has 1 heterocycles. The fourth-order valence-electron chi connectivity index (χ4n) is 0.809. The summed E-state index contributed by atoms with van der Waals surface area (Å²) in [6, 6.07) is 0. The fourth-order valence-corrected chi connectivity index (χ4v) is 1.55. The molecule has 0 spiro atoms. The molecule has 1 aromatic rings. The summed E-state index contributed by atoms with van der Waals surface area (Å²) in [6.07, 6.45) is -4.25. The van der Waals surface area contributed by atoms with Gasteiger partial charge in [-0.05, 0) is 0 Å². The molecular formula is C6H8F3N3OS. The van der Waals surface area contributed by atoms with Crippen molar-refractivity contribution < 1.29 is 13.2 Å². The maximum absolute atomic E-state index is 11.8. The van der Waals surface area contributed by atoms with Gasteiger partial charge < -0.3 is 0 Å². The molecular weight excluding hydrogens is 219 g/mol. The molecule has 0 amide bonds. The van der Waals surface area contributed by atoms with Gasteiger partial charge in [0.15, 0.2) is 5.16 Å². The van der Waals surface area contributed by atoms with Gasteiger partial charge in [-0.1, -0.05) is 11.8 Å². The van der Waals surface area contributed by atoms with Gasteiger partial charge in [-0.25, -0.2) is 9.48 Å². The van der Waals surface area contributed by atoms with Gasteiger partial charge >= 0.3 is 11.9 Å². The number of alkyl halides is 3. The number of nitrogens with zero attached hydrogens (tertiary/aromatic N) is 3. The molecule has 0 aliphatic rings. The molecule has 8 heteroatoms. The lowest BCUT2D eigenvalue weighted by Gasteiger charge is -2.03. The Kier molecular flexibility index (Phi) is 2.93. The zero-order valence-corrected chi connectivity index (χ0v) is 8.32. The third-order valence-electron chi connectivity index (χ3n) is 1.45. The minimum atomic E-state index is -4.25. The zero-order valence-electron chi connectivity index (χ0n) is 7.50. The maximum Gasteiger partial charge on any atom is 0.398 e. The predicted octanol–water partition coefficient (Wildman–Crippen LogP) is 0.773. The molecule has 0 saturated heterocycles. The van der Waals surface area contributed by atoms with Gasteiger partial charge in [0.05, 0.1) is 5.75 Å². The average molecular weight is 227 g/mol. The second-order valence-corrected chi connectivity index (χ2v) is 3.59. The number of hydrogen-bond acceptors (Lipinski definition) is 3. The molecule has 0 atom stereocenters. The van der Waals surface area contributed by atoms with Crippen molar-refractivity contribution in [2.24, 2.45) is 14.1 Å². The van der Waals surface area contributed by atoms with Crippen molar-refractivity contribution in [2.75, 3.05) is 5.75 Å². The molecule has 0 aliphatic heterocycles. The smallest absolute Gasteiger partial charge is 0.273 e. The summed E-state index contributed by atoms with van der Waals surface area (Å²) < 4.78 is 37.6. The highest BCUT2D eigenvalue weighted by atomic mass is 32.2. The molecule has 4 nitrogen and oxygen atoms in total. The van der Waals surface area contributed by atoms with Crippen LogP contribution in [-0.4, -0.2) is 26.3 Å². The van der Waals surface area contributed by atoms with Crippen LogP contribution >= 0.6 is 11.8 Å². The van der Waals surface area contributed by atoms with Gasteiger partial charge in [-0.2, -0.15) is 13.2 Å². The van der Waals surface area contributed by atoms with Crippen molar-refractivity contribution in [3.05, 3.63) is 10.5 Å². The van der Waals surface area contributed by atoms with Crippen molar-refractivity contribution >= 4 is 11.8 Å². The van der Waals surface area contributed by atoms with Gasteiger partial charge in [-0.3, -0.25) is 4.57 Å². The van der Waals surface area contributed by atoms with Crippen LogP contribution in [0.3, 0.4) is 0 Å². The summed E-state index contributed by atoms with van der Waals surface area (Å²) in [5.41, 5.74) is -0.435. The van der Waals surface area contributed by atoms with Gasteiger partial charge in [0.2, 0.25) is 0 Å². The summed E-state index contributed by atoms with van der Waals surface area (Å²) in [6.45, 7) is 0. The van der Waals surface area contributed by atoms with E-state index in [2.05, 4.69) is 5.10 Å². The fraction of sp³-hybridized carbons (Fsp3) is 0.667. The van der Waals surface area contributed by atoms with Crippen molar-refractivity contribution in [1.82, 2.24) is 14.3 Å². The number of hydrogen-bond donors (Lipinski definition) is 0. The second-order valence-electron chi connectivity index (χ2n) is 2.65. The van der Waals surface area contributed by atoms with Crippen LogP contribution < -0.4 is 5.69 Å². The van der Waals surface area contributed by atoms with Gasteiger partial charge in [0.25, 0.3) is 0 Å². The largest absolute Gasteiger partial charge is 0.398 e. The molecule has 0 unspecified atom stereocenters. The lowest BCUT2D eigenvalue weighted by molar-refractivity contribution is -0.105. The van der Waals surface area contributed by atoms with E-state index >= 15 is 0 Å². The Bertz CT molecular complexity index is 381. The Labute approximate surface area is 81.7 Å². The molecule has 0 aliphatic carbocycles. The summed E-state index contributed by atoms with van der Waals surface area (Å²) >= 11 is 0.495. The van der Waals surface area contributed by atoms with Crippen molar-refractivity contribution in [3.63, 3.8) is 0 Å². The molecule has 0 radical (unpaired) electrons. The lowest BCUT2D eigenvalue weighted by Crippen LogP contribution is -2.20. The van der Waals surface area contributed by atoms with Crippen LogP contribution in [0.4, 0.5) is 13.2 Å². The number of aryl methyl sites for hydroxylation is 1. The zero-order chi connectivity index (χ0) is 10.9. The van der Waals surface area contributed by atoms with Crippen LogP contribution in [0.5, 0.6) is 0 Å². The molecule has 0 fully saturated rings. The highest BCUT2D eigenvalue weighted by molar-refractivity contribution is 7.99. The van der Waals surface area contributed by atoms with Crippen LogP contribution in [-0.2, 0) is 14.1 Å².